The van der Waals surface area contributed by atoms with Crippen LogP contribution in [0.3, 0.4) is 0 Å². The molecule has 2 fully saturated rings. The van der Waals surface area contributed by atoms with Crippen molar-refractivity contribution in [2.45, 2.75) is 45.6 Å². The molecule has 2 heterocycles. The Morgan fingerprint density at radius 1 is 1.23 bits per heavy atom. The summed E-state index contributed by atoms with van der Waals surface area (Å²) in [5.41, 5.74) is 7.94. The highest BCUT2D eigenvalue weighted by Crippen LogP contribution is 2.30. The molecule has 0 radical (unpaired) electrons. The summed E-state index contributed by atoms with van der Waals surface area (Å²) in [6.07, 6.45) is 3.43. The average molecular weight is 380 g/mol. The number of hydrogen-bond donors (Lipinski definition) is 1. The van der Waals surface area contributed by atoms with Crippen LogP contribution in [-0.2, 0) is 16.0 Å². The summed E-state index contributed by atoms with van der Waals surface area (Å²) in [5, 5.41) is 0. The zero-order valence-electron chi connectivity index (χ0n) is 15.7. The van der Waals surface area contributed by atoms with Gasteiger partial charge in [0.25, 0.3) is 0 Å². The summed E-state index contributed by atoms with van der Waals surface area (Å²) in [6.45, 7) is 6.07. The molecule has 1 aromatic rings. The Morgan fingerprint density at radius 2 is 1.92 bits per heavy atom. The van der Waals surface area contributed by atoms with Crippen molar-refractivity contribution in [3.8, 4) is 0 Å². The number of rotatable bonds is 5. The van der Waals surface area contributed by atoms with Gasteiger partial charge in [0.2, 0.25) is 11.8 Å². The SMILES string of the molecule is CCCc1ccc(N2CC(C(=O)N3CC(CN)CC3C)CC2=O)cc1.Cl. The van der Waals surface area contributed by atoms with Gasteiger partial charge in [-0.25, -0.2) is 0 Å². The molecule has 26 heavy (non-hydrogen) atoms. The standard InChI is InChI=1S/C20H29N3O2.ClH/c1-3-4-15-5-7-18(8-6-15)23-13-17(10-19(23)24)20(25)22-12-16(11-21)9-14(22)2;/h5-8,14,16-17H,3-4,9-13,21H2,1-2H3;1H. The molecular formula is C20H30ClN3O2. The lowest BCUT2D eigenvalue weighted by Gasteiger charge is -2.25. The van der Waals surface area contributed by atoms with Gasteiger partial charge in [0.05, 0.1) is 5.92 Å². The van der Waals surface area contributed by atoms with E-state index in [0.29, 0.717) is 25.4 Å². The number of nitrogens with two attached hydrogens (primary N) is 1. The van der Waals surface area contributed by atoms with E-state index in [9.17, 15) is 9.59 Å². The first kappa shape index (κ1) is 20.7. The molecule has 0 aromatic heterocycles. The lowest BCUT2D eigenvalue weighted by Crippen LogP contribution is -2.39. The summed E-state index contributed by atoms with van der Waals surface area (Å²) >= 11 is 0. The summed E-state index contributed by atoms with van der Waals surface area (Å²) in [6, 6.07) is 8.38. The molecule has 3 atom stereocenters. The molecule has 2 amide bonds. The zero-order chi connectivity index (χ0) is 18.0. The van der Waals surface area contributed by atoms with Crippen LogP contribution in [0.4, 0.5) is 5.69 Å². The van der Waals surface area contributed by atoms with Gasteiger partial charge in [0.1, 0.15) is 0 Å². The van der Waals surface area contributed by atoms with Crippen molar-refractivity contribution in [3.63, 3.8) is 0 Å². The molecule has 0 spiro atoms. The summed E-state index contributed by atoms with van der Waals surface area (Å²) < 4.78 is 0. The third-order valence-corrected chi connectivity index (χ3v) is 5.54. The zero-order valence-corrected chi connectivity index (χ0v) is 16.5. The van der Waals surface area contributed by atoms with Crippen LogP contribution in [0.1, 0.15) is 38.7 Å². The highest BCUT2D eigenvalue weighted by atomic mass is 35.5. The number of aryl methyl sites for hydroxylation is 1. The largest absolute Gasteiger partial charge is 0.339 e. The number of hydrogen-bond acceptors (Lipinski definition) is 3. The molecule has 2 aliphatic rings. The number of halogens is 1. The molecule has 0 aliphatic carbocycles. The lowest BCUT2D eigenvalue weighted by atomic mass is 10.1. The highest BCUT2D eigenvalue weighted by molar-refractivity contribution is 6.00. The minimum atomic E-state index is -0.234. The maximum atomic E-state index is 12.9. The van der Waals surface area contributed by atoms with Crippen LogP contribution >= 0.6 is 12.4 Å². The number of likely N-dealkylation sites (tertiary alicyclic amines) is 1. The van der Waals surface area contributed by atoms with Crippen molar-refractivity contribution >= 4 is 29.9 Å². The fourth-order valence-electron chi connectivity index (χ4n) is 4.11. The Balaban J connectivity index is 0.00000243. The van der Waals surface area contributed by atoms with Crippen LogP contribution in [0.25, 0.3) is 0 Å². The third kappa shape index (κ3) is 4.21. The van der Waals surface area contributed by atoms with Crippen LogP contribution in [0, 0.1) is 11.8 Å². The van der Waals surface area contributed by atoms with E-state index in [4.69, 9.17) is 5.73 Å². The summed E-state index contributed by atoms with van der Waals surface area (Å²) in [7, 11) is 0. The van der Waals surface area contributed by atoms with E-state index in [2.05, 4.69) is 26.0 Å². The Hall–Kier alpha value is -1.59. The minimum absolute atomic E-state index is 0. The molecule has 144 valence electrons. The lowest BCUT2D eigenvalue weighted by molar-refractivity contribution is -0.136. The maximum Gasteiger partial charge on any atom is 0.228 e. The second-order valence-corrected chi connectivity index (χ2v) is 7.50. The van der Waals surface area contributed by atoms with Crippen LogP contribution in [0.5, 0.6) is 0 Å². The molecule has 3 rings (SSSR count). The van der Waals surface area contributed by atoms with Crippen molar-refractivity contribution in [3.05, 3.63) is 29.8 Å². The van der Waals surface area contributed by atoms with Crippen molar-refractivity contribution in [1.29, 1.82) is 0 Å². The van der Waals surface area contributed by atoms with Gasteiger partial charge in [0.15, 0.2) is 0 Å². The van der Waals surface area contributed by atoms with Crippen LogP contribution in [0.15, 0.2) is 24.3 Å². The molecule has 0 bridgehead atoms. The second-order valence-electron chi connectivity index (χ2n) is 7.50. The summed E-state index contributed by atoms with van der Waals surface area (Å²) in [5.74, 6) is 0.311. The molecule has 2 aliphatic heterocycles. The topological polar surface area (TPSA) is 66.6 Å². The average Bonchev–Trinajstić information content (AvgIpc) is 3.18. The van der Waals surface area contributed by atoms with Crippen molar-refractivity contribution in [1.82, 2.24) is 4.90 Å². The predicted octanol–water partition coefficient (Wildman–Crippen LogP) is 2.61. The molecule has 1 aromatic carbocycles. The van der Waals surface area contributed by atoms with Gasteiger partial charge in [0, 0.05) is 31.2 Å². The first-order chi connectivity index (χ1) is 12.0. The highest BCUT2D eigenvalue weighted by Gasteiger charge is 2.40. The fraction of sp³-hybridized carbons (Fsp3) is 0.600. The van der Waals surface area contributed by atoms with E-state index in [1.165, 1.54) is 5.56 Å². The number of benzene rings is 1. The third-order valence-electron chi connectivity index (χ3n) is 5.54. The van der Waals surface area contributed by atoms with E-state index in [1.54, 1.807) is 4.90 Å². The Labute approximate surface area is 162 Å². The number of carbonyl (C=O) groups excluding carboxylic acids is 2. The fourth-order valence-corrected chi connectivity index (χ4v) is 4.11. The van der Waals surface area contributed by atoms with Crippen LogP contribution in [-0.4, -0.2) is 42.4 Å². The Bertz CT molecular complexity index is 634. The van der Waals surface area contributed by atoms with E-state index >= 15 is 0 Å². The molecular weight excluding hydrogens is 350 g/mol. The van der Waals surface area contributed by atoms with Gasteiger partial charge in [-0.15, -0.1) is 12.4 Å². The van der Waals surface area contributed by atoms with Crippen molar-refractivity contribution < 1.29 is 9.59 Å². The quantitative estimate of drug-likeness (QED) is 0.855. The van der Waals surface area contributed by atoms with Gasteiger partial charge < -0.3 is 15.5 Å². The number of carbonyl (C=O) groups is 2. The smallest absolute Gasteiger partial charge is 0.228 e. The maximum absolute atomic E-state index is 12.9. The van der Waals surface area contributed by atoms with Crippen LogP contribution in [0.2, 0.25) is 0 Å². The van der Waals surface area contributed by atoms with Gasteiger partial charge in [-0.3, -0.25) is 9.59 Å². The van der Waals surface area contributed by atoms with Gasteiger partial charge >= 0.3 is 0 Å². The van der Waals surface area contributed by atoms with Crippen molar-refractivity contribution in [2.75, 3.05) is 24.5 Å². The first-order valence-electron chi connectivity index (χ1n) is 9.43. The minimum Gasteiger partial charge on any atom is -0.339 e. The summed E-state index contributed by atoms with van der Waals surface area (Å²) in [4.78, 5) is 29.0. The first-order valence-corrected chi connectivity index (χ1v) is 9.43. The Kier molecular flexibility index (Phi) is 7.07. The van der Waals surface area contributed by atoms with Crippen molar-refractivity contribution in [2.24, 2.45) is 17.6 Å². The van der Waals surface area contributed by atoms with E-state index in [1.807, 2.05) is 17.0 Å². The number of anilines is 1. The van der Waals surface area contributed by atoms with E-state index in [-0.39, 0.29) is 36.2 Å². The molecule has 0 saturated carbocycles. The monoisotopic (exact) mass is 379 g/mol. The van der Waals surface area contributed by atoms with Gasteiger partial charge in [-0.1, -0.05) is 25.5 Å². The van der Waals surface area contributed by atoms with Gasteiger partial charge in [-0.05, 0) is 49.9 Å². The van der Waals surface area contributed by atoms with E-state index in [0.717, 1.165) is 31.5 Å². The normalized spacial score (nSPS) is 25.5. The predicted molar refractivity (Wildman–Crippen MR) is 106 cm³/mol. The number of amides is 2. The molecule has 5 nitrogen and oxygen atoms in total. The number of nitrogens with zero attached hydrogens (tertiary/aromatic N) is 2. The van der Waals surface area contributed by atoms with Crippen LogP contribution < -0.4 is 10.6 Å². The molecule has 2 saturated heterocycles. The molecule has 3 unspecified atom stereocenters. The second kappa shape index (κ2) is 8.87. The Morgan fingerprint density at radius 3 is 2.50 bits per heavy atom. The molecule has 6 heteroatoms. The van der Waals surface area contributed by atoms with E-state index < -0.39 is 0 Å². The molecule has 2 N–H and O–H groups in total. The van der Waals surface area contributed by atoms with Gasteiger partial charge in [-0.2, -0.15) is 0 Å².